The van der Waals surface area contributed by atoms with Crippen LogP contribution in [-0.4, -0.2) is 24.9 Å². The highest BCUT2D eigenvalue weighted by molar-refractivity contribution is 5.07. The van der Waals surface area contributed by atoms with E-state index in [1.807, 2.05) is 0 Å². The van der Waals surface area contributed by atoms with Gasteiger partial charge in [0.25, 0.3) is 0 Å². The third kappa shape index (κ3) is 15.8. The Morgan fingerprint density at radius 2 is 1.17 bits per heavy atom. The molecule has 2 nitrogen and oxygen atoms in total. The molecule has 138 valence electrons. The minimum absolute atomic E-state index is 0.0949. The minimum atomic E-state index is 0.0949. The van der Waals surface area contributed by atoms with E-state index in [1.165, 1.54) is 28.7 Å². The van der Waals surface area contributed by atoms with E-state index in [-0.39, 0.29) is 6.61 Å². The number of aliphatic hydroxyl groups is 1. The van der Waals surface area contributed by atoms with Crippen LogP contribution in [0, 0.1) is 0 Å². The van der Waals surface area contributed by atoms with E-state index >= 15 is 0 Å². The molecule has 0 saturated carbocycles. The molecule has 0 aliphatic carbocycles. The van der Waals surface area contributed by atoms with Crippen molar-refractivity contribution in [3.63, 3.8) is 0 Å². The quantitative estimate of drug-likeness (QED) is 0.324. The van der Waals surface area contributed by atoms with Gasteiger partial charge in [-0.3, -0.25) is 0 Å². The lowest BCUT2D eigenvalue weighted by molar-refractivity contribution is 0.111. The van der Waals surface area contributed by atoms with Crippen molar-refractivity contribution in [3.8, 4) is 0 Å². The fraction of sp³-hybridized carbons (Fsp3) is 0.636. The first kappa shape index (κ1) is 22.9. The number of allylic oxidation sites excluding steroid dienone is 7. The molecule has 0 amide bonds. The first-order chi connectivity index (χ1) is 11.5. The largest absolute Gasteiger partial charge is 0.394 e. The van der Waals surface area contributed by atoms with Gasteiger partial charge < -0.3 is 9.84 Å². The summed E-state index contributed by atoms with van der Waals surface area (Å²) >= 11 is 0. The summed E-state index contributed by atoms with van der Waals surface area (Å²) in [5.74, 6) is 0. The van der Waals surface area contributed by atoms with Crippen LogP contribution in [0.2, 0.25) is 0 Å². The van der Waals surface area contributed by atoms with Crippen molar-refractivity contribution in [1.82, 2.24) is 0 Å². The molecule has 0 fully saturated rings. The third-order valence-electron chi connectivity index (χ3n) is 3.94. The summed E-state index contributed by atoms with van der Waals surface area (Å²) < 4.78 is 5.25. The molecular weight excluding hydrogens is 296 g/mol. The molecule has 0 bridgehead atoms. The Hall–Kier alpha value is -1.12. The van der Waals surface area contributed by atoms with Crippen molar-refractivity contribution in [2.75, 3.05) is 19.8 Å². The normalized spacial score (nSPS) is 13.3. The Kier molecular flexibility index (Phi) is 14.7. The second-order valence-electron chi connectivity index (χ2n) is 6.85. The van der Waals surface area contributed by atoms with Crippen molar-refractivity contribution in [2.45, 2.75) is 73.1 Å². The van der Waals surface area contributed by atoms with Gasteiger partial charge in [0.1, 0.15) is 0 Å². The van der Waals surface area contributed by atoms with Crippen LogP contribution in [0.25, 0.3) is 0 Å². The second kappa shape index (κ2) is 15.4. The predicted octanol–water partition coefficient (Wildman–Crippen LogP) is 6.14. The molecule has 1 N–H and O–H groups in total. The van der Waals surface area contributed by atoms with Crippen molar-refractivity contribution >= 4 is 0 Å². The van der Waals surface area contributed by atoms with Crippen LogP contribution < -0.4 is 0 Å². The van der Waals surface area contributed by atoms with Gasteiger partial charge in [-0.1, -0.05) is 46.6 Å². The maximum absolute atomic E-state index is 8.64. The molecule has 0 heterocycles. The number of aliphatic hydroxyl groups excluding tert-OH is 1. The summed E-state index contributed by atoms with van der Waals surface area (Å²) in [5, 5.41) is 8.64. The van der Waals surface area contributed by atoms with Crippen molar-refractivity contribution in [1.29, 1.82) is 0 Å². The lowest BCUT2D eigenvalue weighted by Crippen LogP contribution is -1.98. The van der Waals surface area contributed by atoms with E-state index in [9.17, 15) is 0 Å². The Balaban J connectivity index is 3.92. The zero-order valence-electron chi connectivity index (χ0n) is 16.5. The van der Waals surface area contributed by atoms with Gasteiger partial charge in [-0.15, -0.1) is 0 Å². The molecule has 0 saturated heterocycles. The summed E-state index contributed by atoms with van der Waals surface area (Å²) in [4.78, 5) is 0. The Labute approximate surface area is 150 Å². The first-order valence-electron chi connectivity index (χ1n) is 9.24. The Morgan fingerprint density at radius 3 is 1.62 bits per heavy atom. The summed E-state index contributed by atoms with van der Waals surface area (Å²) in [7, 11) is 0. The molecule has 0 unspecified atom stereocenters. The molecule has 0 spiro atoms. The van der Waals surface area contributed by atoms with E-state index < -0.39 is 0 Å². The first-order valence-corrected chi connectivity index (χ1v) is 9.24. The average molecular weight is 335 g/mol. The molecule has 0 atom stereocenters. The van der Waals surface area contributed by atoms with Crippen molar-refractivity contribution in [3.05, 3.63) is 46.6 Å². The highest BCUT2D eigenvalue weighted by Crippen LogP contribution is 2.13. The lowest BCUT2D eigenvalue weighted by atomic mass is 10.0. The van der Waals surface area contributed by atoms with Gasteiger partial charge in [0, 0.05) is 0 Å². The van der Waals surface area contributed by atoms with Gasteiger partial charge in [0.15, 0.2) is 0 Å². The maximum atomic E-state index is 8.64. The molecule has 2 heteroatoms. The van der Waals surface area contributed by atoms with E-state index in [4.69, 9.17) is 9.84 Å². The van der Waals surface area contributed by atoms with Gasteiger partial charge in [-0.05, 0) is 73.1 Å². The molecule has 0 rings (SSSR count). The zero-order chi connectivity index (χ0) is 18.2. The van der Waals surface area contributed by atoms with Crippen LogP contribution in [0.3, 0.4) is 0 Å². The van der Waals surface area contributed by atoms with Crippen molar-refractivity contribution in [2.24, 2.45) is 0 Å². The van der Waals surface area contributed by atoms with Gasteiger partial charge in [0.05, 0.1) is 19.8 Å². The van der Waals surface area contributed by atoms with Crippen LogP contribution >= 0.6 is 0 Å². The number of hydrogen-bond acceptors (Lipinski definition) is 2. The van der Waals surface area contributed by atoms with Crippen LogP contribution in [0.15, 0.2) is 46.6 Å². The van der Waals surface area contributed by atoms with E-state index in [0.29, 0.717) is 13.2 Å². The standard InChI is InChI=1S/C22H38O2/c1-19(2)9-6-10-20(3)11-7-12-21(4)13-8-14-22(5)15-17-24-18-16-23/h9,11,13,15,23H,6-8,10,12,14,16-18H2,1-5H3/b20-11+,21-13+,22-15+. The fourth-order valence-corrected chi connectivity index (χ4v) is 2.34. The smallest absolute Gasteiger partial charge is 0.0701 e. The summed E-state index contributed by atoms with van der Waals surface area (Å²) in [6, 6.07) is 0. The van der Waals surface area contributed by atoms with Crippen LogP contribution in [0.1, 0.15) is 73.1 Å². The van der Waals surface area contributed by atoms with Crippen molar-refractivity contribution < 1.29 is 9.84 Å². The summed E-state index contributed by atoms with van der Waals surface area (Å²) in [6.45, 7) is 12.1. The second-order valence-corrected chi connectivity index (χ2v) is 6.85. The van der Waals surface area contributed by atoms with E-state index in [0.717, 1.165) is 32.1 Å². The molecular formula is C22H38O2. The molecule has 0 aliphatic heterocycles. The molecule has 0 aromatic carbocycles. The Morgan fingerprint density at radius 1 is 0.708 bits per heavy atom. The Bertz CT molecular complexity index is 435. The molecule has 0 aromatic rings. The number of rotatable bonds is 13. The third-order valence-corrected chi connectivity index (χ3v) is 3.94. The molecule has 24 heavy (non-hydrogen) atoms. The van der Waals surface area contributed by atoms with E-state index in [1.54, 1.807) is 0 Å². The molecule has 0 aliphatic rings. The maximum Gasteiger partial charge on any atom is 0.0701 e. The monoisotopic (exact) mass is 334 g/mol. The van der Waals surface area contributed by atoms with Gasteiger partial charge in [-0.25, -0.2) is 0 Å². The summed E-state index contributed by atoms with van der Waals surface area (Å²) in [5.41, 5.74) is 5.74. The number of hydrogen-bond donors (Lipinski definition) is 1. The predicted molar refractivity (Wildman–Crippen MR) is 106 cm³/mol. The van der Waals surface area contributed by atoms with E-state index in [2.05, 4.69) is 58.9 Å². The average Bonchev–Trinajstić information content (AvgIpc) is 2.51. The fourth-order valence-electron chi connectivity index (χ4n) is 2.34. The summed E-state index contributed by atoms with van der Waals surface area (Å²) in [6.07, 6.45) is 16.0. The lowest BCUT2D eigenvalue weighted by Gasteiger charge is -2.03. The highest BCUT2D eigenvalue weighted by atomic mass is 16.5. The topological polar surface area (TPSA) is 29.5 Å². The van der Waals surface area contributed by atoms with Crippen LogP contribution in [-0.2, 0) is 4.74 Å². The highest BCUT2D eigenvalue weighted by Gasteiger charge is 1.93. The van der Waals surface area contributed by atoms with Gasteiger partial charge in [-0.2, -0.15) is 0 Å². The molecule has 0 aromatic heterocycles. The zero-order valence-corrected chi connectivity index (χ0v) is 16.5. The van der Waals surface area contributed by atoms with Gasteiger partial charge in [0.2, 0.25) is 0 Å². The minimum Gasteiger partial charge on any atom is -0.394 e. The van der Waals surface area contributed by atoms with Gasteiger partial charge >= 0.3 is 0 Å². The van der Waals surface area contributed by atoms with Crippen LogP contribution in [0.4, 0.5) is 0 Å². The SMILES string of the molecule is CC(C)=CCC/C(C)=C/CC/C(C)=C/CC/C(C)=C/COCCO. The number of ether oxygens (including phenoxy) is 1. The van der Waals surface area contributed by atoms with Crippen LogP contribution in [0.5, 0.6) is 0 Å². The molecule has 0 radical (unpaired) electrons.